The zero-order valence-corrected chi connectivity index (χ0v) is 11.8. The van der Waals surface area contributed by atoms with Gasteiger partial charge in [0, 0.05) is 5.92 Å². The van der Waals surface area contributed by atoms with Gasteiger partial charge in [0.15, 0.2) is 0 Å². The van der Waals surface area contributed by atoms with Gasteiger partial charge >= 0.3 is 0 Å². The summed E-state index contributed by atoms with van der Waals surface area (Å²) >= 11 is 0. The Bertz CT molecular complexity index is 736. The summed E-state index contributed by atoms with van der Waals surface area (Å²) in [6, 6.07) is 9.48. The third-order valence-electron chi connectivity index (χ3n) is 3.92. The average Bonchev–Trinajstić information content (AvgIpc) is 3.29. The fourth-order valence-corrected chi connectivity index (χ4v) is 2.61. The number of carbonyl (C=O) groups is 2. The van der Waals surface area contributed by atoms with Crippen molar-refractivity contribution in [3.63, 3.8) is 0 Å². The Labute approximate surface area is 126 Å². The standard InChI is InChI=1S/C15H15N5O2/c21-12-8-11(9-4-2-1-3-5-9)20-15(16-12)18-14(19-20)17-13(22)10-6-7-10/h1-5,10-11H,6-8H2,(H2,16,17,18,19,21,22)/t11-/m1/s1. The molecule has 0 saturated heterocycles. The number of amides is 2. The Morgan fingerprint density at radius 1 is 1.27 bits per heavy atom. The summed E-state index contributed by atoms with van der Waals surface area (Å²) in [5, 5.41) is 9.76. The summed E-state index contributed by atoms with van der Waals surface area (Å²) in [4.78, 5) is 27.9. The van der Waals surface area contributed by atoms with Gasteiger partial charge in [0.1, 0.15) is 0 Å². The largest absolute Gasteiger partial charge is 0.295 e. The van der Waals surface area contributed by atoms with E-state index in [4.69, 9.17) is 0 Å². The van der Waals surface area contributed by atoms with Gasteiger partial charge in [0.25, 0.3) is 5.95 Å². The molecule has 4 rings (SSSR count). The molecule has 2 aliphatic rings. The number of hydrogen-bond acceptors (Lipinski definition) is 4. The molecule has 2 amide bonds. The molecule has 22 heavy (non-hydrogen) atoms. The minimum Gasteiger partial charge on any atom is -0.295 e. The molecule has 0 bridgehead atoms. The maximum atomic E-state index is 11.9. The van der Waals surface area contributed by atoms with Crippen LogP contribution in [-0.2, 0) is 9.59 Å². The van der Waals surface area contributed by atoms with Crippen LogP contribution in [0.5, 0.6) is 0 Å². The van der Waals surface area contributed by atoms with Crippen molar-refractivity contribution in [3.05, 3.63) is 35.9 Å². The summed E-state index contributed by atoms with van der Waals surface area (Å²) in [5.74, 6) is 0.547. The van der Waals surface area contributed by atoms with Gasteiger partial charge < -0.3 is 0 Å². The molecule has 7 heteroatoms. The molecule has 1 atom stereocenters. The highest BCUT2D eigenvalue weighted by atomic mass is 16.2. The third-order valence-corrected chi connectivity index (χ3v) is 3.92. The molecule has 2 aromatic rings. The van der Waals surface area contributed by atoms with Crippen molar-refractivity contribution in [2.45, 2.75) is 25.3 Å². The molecule has 1 fully saturated rings. The number of anilines is 2. The van der Waals surface area contributed by atoms with Crippen molar-refractivity contribution in [1.29, 1.82) is 0 Å². The second kappa shape index (κ2) is 4.94. The lowest BCUT2D eigenvalue weighted by atomic mass is 10.0. The van der Waals surface area contributed by atoms with Crippen LogP contribution in [0.1, 0.15) is 30.9 Å². The SMILES string of the molecule is O=C1C[C@H](c2ccccc2)n2nc(NC(=O)C3CC3)nc2N1. The van der Waals surface area contributed by atoms with Gasteiger partial charge in [-0.25, -0.2) is 4.68 Å². The Kier molecular flexibility index (Phi) is 2.92. The number of rotatable bonds is 3. The van der Waals surface area contributed by atoms with E-state index >= 15 is 0 Å². The van der Waals surface area contributed by atoms with Crippen molar-refractivity contribution in [3.8, 4) is 0 Å². The highest BCUT2D eigenvalue weighted by Gasteiger charge is 2.32. The van der Waals surface area contributed by atoms with Crippen LogP contribution in [0.25, 0.3) is 0 Å². The summed E-state index contributed by atoms with van der Waals surface area (Å²) in [6.07, 6.45) is 2.14. The lowest BCUT2D eigenvalue weighted by Gasteiger charge is -2.23. The molecule has 0 spiro atoms. The molecule has 2 heterocycles. The first-order valence-electron chi connectivity index (χ1n) is 7.33. The van der Waals surface area contributed by atoms with E-state index in [-0.39, 0.29) is 29.7 Å². The molecular formula is C15H15N5O2. The monoisotopic (exact) mass is 297 g/mol. The Hall–Kier alpha value is -2.70. The van der Waals surface area contributed by atoms with Crippen molar-refractivity contribution >= 4 is 23.7 Å². The molecule has 1 aliphatic carbocycles. The minimum atomic E-state index is -0.205. The maximum Gasteiger partial charge on any atom is 0.250 e. The predicted octanol–water partition coefficient (Wildman–Crippen LogP) is 1.56. The quantitative estimate of drug-likeness (QED) is 0.899. The molecule has 1 saturated carbocycles. The number of carbonyl (C=O) groups excluding carboxylic acids is 2. The normalized spacial score (nSPS) is 20.2. The molecule has 1 aromatic heterocycles. The topological polar surface area (TPSA) is 88.9 Å². The highest BCUT2D eigenvalue weighted by Crippen LogP contribution is 2.32. The van der Waals surface area contributed by atoms with Crippen LogP contribution in [-0.4, -0.2) is 26.6 Å². The number of nitrogens with zero attached hydrogens (tertiary/aromatic N) is 3. The lowest BCUT2D eigenvalue weighted by molar-refractivity contribution is -0.118. The van der Waals surface area contributed by atoms with E-state index in [1.54, 1.807) is 4.68 Å². The van der Waals surface area contributed by atoms with Gasteiger partial charge in [-0.05, 0) is 18.4 Å². The zero-order chi connectivity index (χ0) is 15.1. The van der Waals surface area contributed by atoms with Crippen LogP contribution in [0.4, 0.5) is 11.9 Å². The van der Waals surface area contributed by atoms with Gasteiger partial charge in [-0.2, -0.15) is 4.98 Å². The first kappa shape index (κ1) is 13.0. The Balaban J connectivity index is 1.66. The molecule has 1 aliphatic heterocycles. The van der Waals surface area contributed by atoms with E-state index in [2.05, 4.69) is 20.7 Å². The lowest BCUT2D eigenvalue weighted by Crippen LogP contribution is -2.29. The van der Waals surface area contributed by atoms with Gasteiger partial charge in [-0.1, -0.05) is 30.3 Å². The molecule has 0 radical (unpaired) electrons. The Morgan fingerprint density at radius 2 is 2.05 bits per heavy atom. The molecule has 1 aromatic carbocycles. The first-order valence-corrected chi connectivity index (χ1v) is 7.33. The van der Waals surface area contributed by atoms with E-state index in [1.165, 1.54) is 0 Å². The molecular weight excluding hydrogens is 282 g/mol. The van der Waals surface area contributed by atoms with E-state index in [1.807, 2.05) is 30.3 Å². The van der Waals surface area contributed by atoms with Crippen molar-refractivity contribution < 1.29 is 9.59 Å². The van der Waals surface area contributed by atoms with E-state index in [0.29, 0.717) is 12.4 Å². The second-order valence-corrected chi connectivity index (χ2v) is 5.65. The number of hydrogen-bond donors (Lipinski definition) is 2. The third kappa shape index (κ3) is 2.34. The predicted molar refractivity (Wildman–Crippen MR) is 79.2 cm³/mol. The zero-order valence-electron chi connectivity index (χ0n) is 11.8. The van der Waals surface area contributed by atoms with Gasteiger partial charge in [0.2, 0.25) is 17.8 Å². The summed E-state index contributed by atoms with van der Waals surface area (Å²) in [5.41, 5.74) is 0.989. The van der Waals surface area contributed by atoms with E-state index in [0.717, 1.165) is 18.4 Å². The second-order valence-electron chi connectivity index (χ2n) is 5.65. The Morgan fingerprint density at radius 3 is 2.77 bits per heavy atom. The minimum absolute atomic E-state index is 0.0504. The van der Waals surface area contributed by atoms with Gasteiger partial charge in [0.05, 0.1) is 12.5 Å². The molecule has 0 unspecified atom stereocenters. The number of aromatic nitrogens is 3. The van der Waals surface area contributed by atoms with E-state index < -0.39 is 0 Å². The number of nitrogens with one attached hydrogen (secondary N) is 2. The van der Waals surface area contributed by atoms with Crippen LogP contribution < -0.4 is 10.6 Å². The van der Waals surface area contributed by atoms with Crippen LogP contribution in [0.3, 0.4) is 0 Å². The number of fused-ring (bicyclic) bond motifs is 1. The molecule has 112 valence electrons. The summed E-state index contributed by atoms with van der Waals surface area (Å²) in [7, 11) is 0. The van der Waals surface area contributed by atoms with Crippen molar-refractivity contribution in [1.82, 2.24) is 14.8 Å². The highest BCUT2D eigenvalue weighted by molar-refractivity contribution is 5.94. The van der Waals surface area contributed by atoms with Gasteiger partial charge in [-0.15, -0.1) is 5.10 Å². The summed E-state index contributed by atoms with van der Waals surface area (Å²) in [6.45, 7) is 0. The maximum absolute atomic E-state index is 11.9. The fourth-order valence-electron chi connectivity index (χ4n) is 2.61. The summed E-state index contributed by atoms with van der Waals surface area (Å²) < 4.78 is 1.67. The molecule has 2 N–H and O–H groups in total. The van der Waals surface area contributed by atoms with Crippen LogP contribution in [0.15, 0.2) is 30.3 Å². The number of benzene rings is 1. The fraction of sp³-hybridized carbons (Fsp3) is 0.333. The van der Waals surface area contributed by atoms with Gasteiger partial charge in [-0.3, -0.25) is 20.2 Å². The van der Waals surface area contributed by atoms with E-state index in [9.17, 15) is 9.59 Å². The molecule has 7 nitrogen and oxygen atoms in total. The first-order chi connectivity index (χ1) is 10.7. The van der Waals surface area contributed by atoms with Crippen LogP contribution >= 0.6 is 0 Å². The van der Waals surface area contributed by atoms with Crippen LogP contribution in [0, 0.1) is 5.92 Å². The van der Waals surface area contributed by atoms with Crippen molar-refractivity contribution in [2.24, 2.45) is 5.92 Å². The smallest absolute Gasteiger partial charge is 0.250 e. The van der Waals surface area contributed by atoms with Crippen molar-refractivity contribution in [2.75, 3.05) is 10.6 Å². The average molecular weight is 297 g/mol. The van der Waals surface area contributed by atoms with Crippen LogP contribution in [0.2, 0.25) is 0 Å².